The number of hydrogen-bond acceptors (Lipinski definition) is 7. The van der Waals surface area contributed by atoms with Crippen LogP contribution in [-0.4, -0.2) is 34.2 Å². The van der Waals surface area contributed by atoms with Crippen molar-refractivity contribution in [2.24, 2.45) is 5.73 Å². The van der Waals surface area contributed by atoms with Crippen LogP contribution in [0.3, 0.4) is 0 Å². The zero-order valence-corrected chi connectivity index (χ0v) is 13.2. The van der Waals surface area contributed by atoms with Crippen LogP contribution in [0.15, 0.2) is 34.1 Å². The average Bonchev–Trinajstić information content (AvgIpc) is 3.08. The van der Waals surface area contributed by atoms with Crippen molar-refractivity contribution in [2.45, 2.75) is 30.0 Å². The van der Waals surface area contributed by atoms with Gasteiger partial charge in [0.05, 0.1) is 11.1 Å². The van der Waals surface area contributed by atoms with E-state index in [0.717, 1.165) is 25.5 Å². The zero-order valence-electron chi connectivity index (χ0n) is 12.4. The molecule has 1 aliphatic carbocycles. The van der Waals surface area contributed by atoms with Crippen LogP contribution in [0.5, 0.6) is 0 Å². The maximum atomic E-state index is 11.9. The first-order valence-electron chi connectivity index (χ1n) is 7.19. The van der Waals surface area contributed by atoms with Crippen LogP contribution in [-0.2, 0) is 15.4 Å². The highest BCUT2D eigenvalue weighted by Gasteiger charge is 2.39. The number of aromatic nitrogens is 4. The first kappa shape index (κ1) is 14.3. The Morgan fingerprint density at radius 3 is 2.74 bits per heavy atom. The summed E-state index contributed by atoms with van der Waals surface area (Å²) < 4.78 is 30.7. The smallest absolute Gasteiger partial charge is 0.278 e. The van der Waals surface area contributed by atoms with Crippen LogP contribution < -0.4 is 5.73 Å². The first-order chi connectivity index (χ1) is 10.9. The molecule has 3 heterocycles. The predicted octanol–water partition coefficient (Wildman–Crippen LogP) is 1.13. The Kier molecular flexibility index (Phi) is 2.88. The van der Waals surface area contributed by atoms with Gasteiger partial charge < -0.3 is 10.3 Å². The van der Waals surface area contributed by atoms with Crippen molar-refractivity contribution < 1.29 is 12.9 Å². The van der Waals surface area contributed by atoms with Crippen LogP contribution in [0.2, 0.25) is 0 Å². The highest BCUT2D eigenvalue weighted by molar-refractivity contribution is 7.90. The fourth-order valence-corrected chi connectivity index (χ4v) is 3.51. The fourth-order valence-electron chi connectivity index (χ4n) is 2.73. The zero-order chi connectivity index (χ0) is 16.2. The quantitative estimate of drug-likeness (QED) is 0.763. The second-order valence-electron chi connectivity index (χ2n) is 5.90. The van der Waals surface area contributed by atoms with Crippen molar-refractivity contribution in [3.05, 3.63) is 30.2 Å². The molecule has 3 aromatic heterocycles. The number of rotatable bonds is 3. The van der Waals surface area contributed by atoms with Gasteiger partial charge in [-0.2, -0.15) is 4.98 Å². The van der Waals surface area contributed by atoms with E-state index in [-0.39, 0.29) is 11.0 Å². The molecule has 0 aromatic carbocycles. The summed E-state index contributed by atoms with van der Waals surface area (Å²) in [5.74, 6) is 0.618. The summed E-state index contributed by atoms with van der Waals surface area (Å²) in [6, 6.07) is 5.28. The van der Waals surface area contributed by atoms with Gasteiger partial charge in [-0.25, -0.2) is 13.4 Å². The summed E-state index contributed by atoms with van der Waals surface area (Å²) in [7, 11) is -3.49. The molecule has 1 fully saturated rings. The summed E-state index contributed by atoms with van der Waals surface area (Å²) in [5, 5.41) is 3.89. The molecule has 1 aliphatic rings. The van der Waals surface area contributed by atoms with Gasteiger partial charge in [-0.1, -0.05) is 11.2 Å². The molecule has 23 heavy (non-hydrogen) atoms. The van der Waals surface area contributed by atoms with E-state index in [9.17, 15) is 8.42 Å². The van der Waals surface area contributed by atoms with Gasteiger partial charge in [0.15, 0.2) is 11.5 Å². The molecule has 9 heteroatoms. The van der Waals surface area contributed by atoms with Crippen LogP contribution in [0.25, 0.3) is 17.1 Å². The van der Waals surface area contributed by atoms with Gasteiger partial charge in [0.1, 0.15) is 0 Å². The molecule has 3 aromatic rings. The summed E-state index contributed by atoms with van der Waals surface area (Å²) in [6.07, 6.45) is 5.40. The van der Waals surface area contributed by atoms with Crippen molar-refractivity contribution in [3.63, 3.8) is 0 Å². The number of imidazole rings is 1. The van der Waals surface area contributed by atoms with E-state index in [4.69, 9.17) is 10.3 Å². The minimum Gasteiger partial charge on any atom is -0.332 e. The van der Waals surface area contributed by atoms with Gasteiger partial charge in [-0.05, 0) is 31.4 Å². The molecule has 0 bridgehead atoms. The maximum absolute atomic E-state index is 11.9. The molecule has 8 nitrogen and oxygen atoms in total. The van der Waals surface area contributed by atoms with Gasteiger partial charge in [-0.3, -0.25) is 4.40 Å². The molecule has 2 N–H and O–H groups in total. The molecule has 0 aliphatic heterocycles. The second-order valence-corrected chi connectivity index (χ2v) is 7.81. The topological polar surface area (TPSA) is 116 Å². The largest absolute Gasteiger partial charge is 0.332 e. The molecule has 0 amide bonds. The van der Waals surface area contributed by atoms with Crippen molar-refractivity contribution in [1.29, 1.82) is 0 Å². The van der Waals surface area contributed by atoms with E-state index in [1.54, 1.807) is 24.4 Å². The highest BCUT2D eigenvalue weighted by Crippen LogP contribution is 2.38. The molecule has 0 unspecified atom stereocenters. The molecular formula is C14H15N5O3S. The first-order valence-corrected chi connectivity index (χ1v) is 9.08. The lowest BCUT2D eigenvalue weighted by Gasteiger charge is -2.34. The minimum atomic E-state index is -3.49. The third-order valence-electron chi connectivity index (χ3n) is 4.17. The Bertz CT molecular complexity index is 1000. The van der Waals surface area contributed by atoms with E-state index in [1.807, 2.05) is 0 Å². The minimum absolute atomic E-state index is 0.0612. The third kappa shape index (κ3) is 2.15. The molecule has 0 spiro atoms. The van der Waals surface area contributed by atoms with E-state index in [0.29, 0.717) is 17.0 Å². The number of fused-ring (bicyclic) bond motifs is 1. The molecule has 4 rings (SSSR count). The molecular weight excluding hydrogens is 318 g/mol. The Labute approximate surface area is 132 Å². The van der Waals surface area contributed by atoms with Crippen LogP contribution >= 0.6 is 0 Å². The van der Waals surface area contributed by atoms with Crippen LogP contribution in [0.1, 0.15) is 25.1 Å². The fraction of sp³-hybridized carbons (Fsp3) is 0.357. The highest BCUT2D eigenvalue weighted by atomic mass is 32.2. The molecule has 0 atom stereocenters. The Morgan fingerprint density at radius 2 is 2.09 bits per heavy atom. The Morgan fingerprint density at radius 1 is 1.30 bits per heavy atom. The van der Waals surface area contributed by atoms with Crippen LogP contribution in [0.4, 0.5) is 0 Å². The number of nitrogens with two attached hydrogens (primary N) is 1. The van der Waals surface area contributed by atoms with E-state index >= 15 is 0 Å². The lowest BCUT2D eigenvalue weighted by atomic mass is 9.77. The number of hydrogen-bond donors (Lipinski definition) is 1. The van der Waals surface area contributed by atoms with Gasteiger partial charge in [0, 0.05) is 12.5 Å². The third-order valence-corrected chi connectivity index (χ3v) is 5.12. The van der Waals surface area contributed by atoms with E-state index in [2.05, 4.69) is 15.1 Å². The summed E-state index contributed by atoms with van der Waals surface area (Å²) >= 11 is 0. The summed E-state index contributed by atoms with van der Waals surface area (Å²) in [4.78, 5) is 8.55. The normalized spacial score (nSPS) is 17.3. The van der Waals surface area contributed by atoms with Gasteiger partial charge in [-0.15, -0.1) is 0 Å². The lowest BCUT2D eigenvalue weighted by Crippen LogP contribution is -2.44. The second kappa shape index (κ2) is 4.62. The lowest BCUT2D eigenvalue weighted by molar-refractivity contribution is 0.229. The predicted molar refractivity (Wildman–Crippen MR) is 81.3 cm³/mol. The molecule has 1 saturated carbocycles. The monoisotopic (exact) mass is 333 g/mol. The Hall–Kier alpha value is -2.26. The standard InChI is InChI=1S/C14H15N5O3S/c1-23(20,21)13-16-10(9-5-2-3-8-19(9)13)11-17-12(18-22-11)14(15)6-4-7-14/h2-3,5,8H,4,6-7,15H2,1H3. The number of sulfone groups is 1. The van der Waals surface area contributed by atoms with Gasteiger partial charge in [0.2, 0.25) is 15.0 Å². The molecule has 0 radical (unpaired) electrons. The van der Waals surface area contributed by atoms with Gasteiger partial charge >= 0.3 is 0 Å². The van der Waals surface area contributed by atoms with E-state index in [1.165, 1.54) is 4.40 Å². The summed E-state index contributed by atoms with van der Waals surface area (Å²) in [5.41, 5.74) is 6.58. The average molecular weight is 333 g/mol. The van der Waals surface area contributed by atoms with Crippen LogP contribution in [0, 0.1) is 0 Å². The summed E-state index contributed by atoms with van der Waals surface area (Å²) in [6.45, 7) is 0. The SMILES string of the molecule is CS(=O)(=O)c1nc(-c2nc(C3(N)CCC3)no2)c2ccccn12. The van der Waals surface area contributed by atoms with Gasteiger partial charge in [0.25, 0.3) is 5.89 Å². The molecule has 0 saturated heterocycles. The van der Waals surface area contributed by atoms with Crippen molar-refractivity contribution in [3.8, 4) is 11.6 Å². The van der Waals surface area contributed by atoms with E-state index < -0.39 is 15.4 Å². The Balaban J connectivity index is 1.90. The van der Waals surface area contributed by atoms with Crippen molar-refractivity contribution in [2.75, 3.05) is 6.26 Å². The maximum Gasteiger partial charge on any atom is 0.278 e. The molecule has 120 valence electrons. The van der Waals surface area contributed by atoms with Crippen molar-refractivity contribution in [1.82, 2.24) is 19.5 Å². The van der Waals surface area contributed by atoms with Crippen molar-refractivity contribution >= 4 is 15.4 Å². The number of nitrogens with zero attached hydrogens (tertiary/aromatic N) is 4. The number of pyridine rings is 1.